The molecule has 0 aromatic carbocycles. The summed E-state index contributed by atoms with van der Waals surface area (Å²) in [5, 5.41) is 4.60. The highest BCUT2D eigenvalue weighted by Gasteiger charge is 2.12. The maximum atomic E-state index is 6.10. The molecule has 0 spiro atoms. The lowest BCUT2D eigenvalue weighted by molar-refractivity contribution is 0.756. The molecular weight excluding hydrogens is 236 g/mol. The van der Waals surface area contributed by atoms with Crippen LogP contribution >= 0.6 is 0 Å². The van der Waals surface area contributed by atoms with E-state index in [9.17, 15) is 0 Å². The average Bonchev–Trinajstić information content (AvgIpc) is 2.72. The molecule has 2 rings (SSSR count). The van der Waals surface area contributed by atoms with Gasteiger partial charge in [-0.3, -0.25) is 0 Å². The molecule has 0 bridgehead atoms. The summed E-state index contributed by atoms with van der Waals surface area (Å²) in [4.78, 5) is 4.72. The number of rotatable bonds is 6. The van der Waals surface area contributed by atoms with E-state index in [1.54, 1.807) is 4.52 Å². The largest absolute Gasteiger partial charge is 0.384 e. The molecule has 2 aromatic heterocycles. The Morgan fingerprint density at radius 2 is 1.84 bits per heavy atom. The zero-order chi connectivity index (χ0) is 13.8. The number of fused-ring (bicyclic) bond motifs is 1. The maximum Gasteiger partial charge on any atom is 0.160 e. The summed E-state index contributed by atoms with van der Waals surface area (Å²) < 4.78 is 1.79. The minimum absolute atomic E-state index is 0.696. The first kappa shape index (κ1) is 13.8. The summed E-state index contributed by atoms with van der Waals surface area (Å²) in [5.74, 6) is 0.696. The van der Waals surface area contributed by atoms with Crippen LogP contribution < -0.4 is 5.73 Å². The predicted molar refractivity (Wildman–Crippen MR) is 79.4 cm³/mol. The summed E-state index contributed by atoms with van der Waals surface area (Å²) in [7, 11) is 0. The number of anilines is 1. The third-order valence-electron chi connectivity index (χ3n) is 3.55. The van der Waals surface area contributed by atoms with Crippen molar-refractivity contribution in [1.29, 1.82) is 0 Å². The van der Waals surface area contributed by atoms with Crippen molar-refractivity contribution < 1.29 is 0 Å². The number of aromatic nitrogens is 3. The Bertz CT molecular complexity index is 557. The average molecular weight is 260 g/mol. The minimum atomic E-state index is 0.696. The van der Waals surface area contributed by atoms with E-state index in [-0.39, 0.29) is 0 Å². The summed E-state index contributed by atoms with van der Waals surface area (Å²) in [6.07, 6.45) is 6.66. The van der Waals surface area contributed by atoms with Gasteiger partial charge in [-0.1, -0.05) is 26.7 Å². The van der Waals surface area contributed by atoms with Crippen molar-refractivity contribution in [2.24, 2.45) is 0 Å². The minimum Gasteiger partial charge on any atom is -0.384 e. The molecule has 4 heteroatoms. The van der Waals surface area contributed by atoms with Gasteiger partial charge in [0, 0.05) is 17.3 Å². The van der Waals surface area contributed by atoms with Crippen LogP contribution in [0, 0.1) is 6.92 Å². The Kier molecular flexibility index (Phi) is 4.40. The first-order chi connectivity index (χ1) is 9.17. The van der Waals surface area contributed by atoms with E-state index < -0.39 is 0 Å². The van der Waals surface area contributed by atoms with Gasteiger partial charge >= 0.3 is 0 Å². The van der Waals surface area contributed by atoms with Crippen LogP contribution in [0.5, 0.6) is 0 Å². The maximum absolute atomic E-state index is 6.10. The fourth-order valence-electron chi connectivity index (χ4n) is 2.31. The van der Waals surface area contributed by atoms with Crippen molar-refractivity contribution in [1.82, 2.24) is 14.6 Å². The number of nitrogens with zero attached hydrogens (tertiary/aromatic N) is 3. The monoisotopic (exact) mass is 260 g/mol. The number of unbranched alkanes of at least 4 members (excludes halogenated alkanes) is 2. The number of nitrogens with two attached hydrogens (primary N) is 1. The van der Waals surface area contributed by atoms with Crippen LogP contribution in [-0.4, -0.2) is 14.6 Å². The van der Waals surface area contributed by atoms with E-state index in [0.29, 0.717) is 5.82 Å². The Labute approximate surface area is 115 Å². The van der Waals surface area contributed by atoms with Gasteiger partial charge in [-0.05, 0) is 32.6 Å². The van der Waals surface area contributed by atoms with Gasteiger partial charge in [0.25, 0.3) is 0 Å². The summed E-state index contributed by atoms with van der Waals surface area (Å²) in [6, 6.07) is 1.96. The van der Waals surface area contributed by atoms with Gasteiger partial charge in [-0.25, -0.2) is 4.98 Å². The van der Waals surface area contributed by atoms with Gasteiger partial charge in [0.2, 0.25) is 0 Å². The lowest BCUT2D eigenvalue weighted by Gasteiger charge is -2.03. The molecule has 0 amide bonds. The van der Waals surface area contributed by atoms with Gasteiger partial charge in [0.15, 0.2) is 5.65 Å². The second kappa shape index (κ2) is 6.04. The van der Waals surface area contributed by atoms with E-state index in [4.69, 9.17) is 10.7 Å². The highest BCUT2D eigenvalue weighted by Crippen LogP contribution is 2.19. The fraction of sp³-hybridized carbons (Fsp3) is 0.600. The molecule has 0 unspecified atom stereocenters. The Morgan fingerprint density at radius 1 is 1.16 bits per heavy atom. The second-order valence-corrected chi connectivity index (χ2v) is 5.19. The molecule has 0 saturated carbocycles. The summed E-state index contributed by atoms with van der Waals surface area (Å²) in [6.45, 7) is 6.48. The van der Waals surface area contributed by atoms with Crippen LogP contribution in [0.25, 0.3) is 5.65 Å². The van der Waals surface area contributed by atoms with Crippen LogP contribution in [0.4, 0.5) is 5.82 Å². The van der Waals surface area contributed by atoms with Crippen molar-refractivity contribution in [3.8, 4) is 0 Å². The van der Waals surface area contributed by atoms with Crippen LogP contribution in [0.15, 0.2) is 6.07 Å². The van der Waals surface area contributed by atoms with E-state index in [1.807, 2.05) is 6.07 Å². The lowest BCUT2D eigenvalue weighted by Crippen LogP contribution is -2.03. The molecule has 2 heterocycles. The topological polar surface area (TPSA) is 56.2 Å². The van der Waals surface area contributed by atoms with E-state index in [2.05, 4.69) is 25.9 Å². The first-order valence-corrected chi connectivity index (χ1v) is 7.31. The van der Waals surface area contributed by atoms with E-state index >= 15 is 0 Å². The zero-order valence-electron chi connectivity index (χ0n) is 12.2. The van der Waals surface area contributed by atoms with E-state index in [0.717, 1.165) is 42.7 Å². The molecule has 0 aliphatic carbocycles. The van der Waals surface area contributed by atoms with Gasteiger partial charge in [-0.15, -0.1) is 0 Å². The Morgan fingerprint density at radius 3 is 2.53 bits per heavy atom. The van der Waals surface area contributed by atoms with Gasteiger partial charge in [0.1, 0.15) is 5.82 Å². The normalized spacial score (nSPS) is 11.3. The molecule has 4 nitrogen and oxygen atoms in total. The summed E-state index contributed by atoms with van der Waals surface area (Å²) in [5.41, 5.74) is 10.4. The van der Waals surface area contributed by atoms with Gasteiger partial charge < -0.3 is 5.73 Å². The molecule has 104 valence electrons. The highest BCUT2D eigenvalue weighted by atomic mass is 15.3. The third kappa shape index (κ3) is 2.88. The number of hydrogen-bond acceptors (Lipinski definition) is 3. The SMILES string of the molecule is CCCCc1cc(N)n2nc(CCCC)c(C)c2n1. The summed E-state index contributed by atoms with van der Waals surface area (Å²) >= 11 is 0. The lowest BCUT2D eigenvalue weighted by atomic mass is 10.1. The fourth-order valence-corrected chi connectivity index (χ4v) is 2.31. The van der Waals surface area contributed by atoms with Crippen LogP contribution in [0.2, 0.25) is 0 Å². The Balaban J connectivity index is 2.39. The van der Waals surface area contributed by atoms with Crippen LogP contribution in [0.1, 0.15) is 56.5 Å². The first-order valence-electron chi connectivity index (χ1n) is 7.31. The molecule has 2 aromatic rings. The Hall–Kier alpha value is -1.58. The molecular formula is C15H24N4. The van der Waals surface area contributed by atoms with Crippen LogP contribution in [-0.2, 0) is 12.8 Å². The number of nitrogen functional groups attached to an aromatic ring is 1. The van der Waals surface area contributed by atoms with Crippen molar-refractivity contribution in [2.45, 2.75) is 59.3 Å². The third-order valence-corrected chi connectivity index (χ3v) is 3.55. The van der Waals surface area contributed by atoms with E-state index in [1.165, 1.54) is 18.4 Å². The zero-order valence-corrected chi connectivity index (χ0v) is 12.2. The molecule has 0 radical (unpaired) electrons. The smallest absolute Gasteiger partial charge is 0.160 e. The molecule has 0 aliphatic rings. The predicted octanol–water partition coefficient (Wildman–Crippen LogP) is 3.31. The van der Waals surface area contributed by atoms with Gasteiger partial charge in [0.05, 0.1) is 5.69 Å². The molecule has 0 aliphatic heterocycles. The molecule has 2 N–H and O–H groups in total. The van der Waals surface area contributed by atoms with Crippen molar-refractivity contribution in [3.05, 3.63) is 23.0 Å². The molecule has 0 fully saturated rings. The van der Waals surface area contributed by atoms with Crippen molar-refractivity contribution in [3.63, 3.8) is 0 Å². The molecule has 0 atom stereocenters. The number of hydrogen-bond donors (Lipinski definition) is 1. The van der Waals surface area contributed by atoms with Crippen molar-refractivity contribution in [2.75, 3.05) is 5.73 Å². The number of aryl methyl sites for hydroxylation is 3. The quantitative estimate of drug-likeness (QED) is 0.867. The second-order valence-electron chi connectivity index (χ2n) is 5.19. The van der Waals surface area contributed by atoms with Gasteiger partial charge in [-0.2, -0.15) is 9.61 Å². The highest BCUT2D eigenvalue weighted by molar-refractivity contribution is 5.54. The molecule has 19 heavy (non-hydrogen) atoms. The molecule has 0 saturated heterocycles. The van der Waals surface area contributed by atoms with Crippen molar-refractivity contribution >= 4 is 11.5 Å². The van der Waals surface area contributed by atoms with Crippen LogP contribution in [0.3, 0.4) is 0 Å². The standard InChI is InChI=1S/C15H24N4/c1-4-6-8-12-10-14(16)19-15(17-12)11(3)13(18-19)9-7-5-2/h10H,4-9,16H2,1-3H3.